The molecule has 0 amide bonds. The number of nitrogens with one attached hydrogen (secondary N) is 2. The number of methoxy groups -OCH3 is 1. The zero-order chi connectivity index (χ0) is 67.0. The van der Waals surface area contributed by atoms with E-state index in [0.717, 1.165) is 39.1 Å². The van der Waals surface area contributed by atoms with Gasteiger partial charge in [-0.2, -0.15) is 23.5 Å². The summed E-state index contributed by atoms with van der Waals surface area (Å²) < 4.78 is 67.0. The minimum absolute atomic E-state index is 0.0332. The largest absolute Gasteiger partial charge is 0.497 e. The van der Waals surface area contributed by atoms with Gasteiger partial charge < -0.3 is 53.7 Å². The molecule has 23 nitrogen and oxygen atoms in total. The molecule has 7 N–H and O–H groups in total. The number of ketones is 2. The molecule has 3 atom stereocenters. The van der Waals surface area contributed by atoms with Crippen molar-refractivity contribution >= 4 is 84.1 Å². The number of hydrogen-bond acceptors (Lipinski definition) is 21. The Hall–Kier alpha value is -7.22. The number of hydrogen-bond donors (Lipinski definition) is 5. The number of imidazole rings is 2. The number of aliphatic hydroxyl groups is 1. The molecule has 4 heterocycles. The Balaban J connectivity index is 0.000000270. The number of benzene rings is 5. The number of carbonyl (C=O) groups is 2. The average Bonchev–Trinajstić information content (AvgIpc) is 1.01. The van der Waals surface area contributed by atoms with E-state index in [1.165, 1.54) is 36.2 Å². The maximum Gasteiger partial charge on any atom is 0.295 e. The molecule has 0 spiro atoms. The average molecular weight is 1360 g/mol. The number of nitrogen functional groups attached to an aromatic ring is 2. The van der Waals surface area contributed by atoms with Crippen molar-refractivity contribution in [2.24, 2.45) is 10.8 Å². The third-order valence-corrected chi connectivity index (χ3v) is 20.6. The van der Waals surface area contributed by atoms with Gasteiger partial charge in [-0.3, -0.25) is 18.7 Å². The van der Waals surface area contributed by atoms with Gasteiger partial charge in [0, 0.05) is 48.5 Å². The van der Waals surface area contributed by atoms with E-state index >= 15 is 0 Å². The molecule has 5 aromatic carbocycles. The Bertz CT molecular complexity index is 3930. The van der Waals surface area contributed by atoms with Crippen molar-refractivity contribution in [3.63, 3.8) is 0 Å². The third-order valence-electron chi connectivity index (χ3n) is 15.3. The van der Waals surface area contributed by atoms with Crippen LogP contribution in [0.15, 0.2) is 165 Å². The van der Waals surface area contributed by atoms with Crippen molar-refractivity contribution in [2.45, 2.75) is 66.4 Å². The van der Waals surface area contributed by atoms with Gasteiger partial charge in [0.2, 0.25) is 0 Å². The van der Waals surface area contributed by atoms with E-state index < -0.39 is 31.5 Å². The number of aryl methyl sites for hydroxylation is 1. The summed E-state index contributed by atoms with van der Waals surface area (Å²) in [5.41, 5.74) is 17.3. The Labute approximate surface area is 557 Å². The van der Waals surface area contributed by atoms with Crippen molar-refractivity contribution in [3.8, 4) is 5.75 Å². The Morgan fingerprint density at radius 3 is 1.44 bits per heavy atom. The van der Waals surface area contributed by atoms with Crippen LogP contribution in [0.1, 0.15) is 61.1 Å². The van der Waals surface area contributed by atoms with E-state index in [9.17, 15) is 23.8 Å². The molecule has 0 saturated carbocycles. The Morgan fingerprint density at radius 2 is 0.989 bits per heavy atom. The molecule has 0 fully saturated rings. The molecule has 3 unspecified atom stereocenters. The fourth-order valence-electron chi connectivity index (χ4n) is 9.39. The molecule has 4 aromatic heterocycles. The summed E-state index contributed by atoms with van der Waals surface area (Å²) in [4.78, 5) is 50.9. The molecule has 9 rings (SSSR count). The molecule has 500 valence electrons. The minimum atomic E-state index is -3.44. The van der Waals surface area contributed by atoms with Crippen molar-refractivity contribution < 1.29 is 51.8 Å². The van der Waals surface area contributed by atoms with Gasteiger partial charge in [0.1, 0.15) is 47.7 Å². The molecule has 9 aromatic rings. The highest BCUT2D eigenvalue weighted by Gasteiger charge is 2.41. The van der Waals surface area contributed by atoms with Crippen LogP contribution in [-0.4, -0.2) is 138 Å². The molecule has 0 bridgehead atoms. The van der Waals surface area contributed by atoms with Gasteiger partial charge in [-0.15, -0.1) is 0 Å². The predicted molar refractivity (Wildman–Crippen MR) is 371 cm³/mol. The van der Waals surface area contributed by atoms with Crippen LogP contribution in [0.5, 0.6) is 5.75 Å². The van der Waals surface area contributed by atoms with Crippen LogP contribution < -0.4 is 26.4 Å². The van der Waals surface area contributed by atoms with Gasteiger partial charge in [0.15, 0.2) is 34.5 Å². The summed E-state index contributed by atoms with van der Waals surface area (Å²) in [5, 5.41) is 15.4. The lowest BCUT2D eigenvalue weighted by Gasteiger charge is -2.38. The molecule has 0 aliphatic heterocycles. The fourth-order valence-corrected chi connectivity index (χ4v) is 14.4. The van der Waals surface area contributed by atoms with Crippen LogP contribution in [0.4, 0.5) is 11.6 Å². The predicted octanol–water partition coefficient (Wildman–Crippen LogP) is 10.7. The summed E-state index contributed by atoms with van der Waals surface area (Å²) in [6, 6.07) is 45.6. The normalized spacial score (nSPS) is 13.8. The molecule has 94 heavy (non-hydrogen) atoms. The van der Waals surface area contributed by atoms with E-state index in [1.807, 2.05) is 117 Å². The maximum absolute atomic E-state index is 14.0. The molecule has 0 aliphatic carbocycles. The maximum atomic E-state index is 14.0. The highest BCUT2D eigenvalue weighted by Crippen LogP contribution is 2.45. The number of carbonyl (C=O) groups excluding carboxylic acids is 2. The summed E-state index contributed by atoms with van der Waals surface area (Å²) in [6.07, 6.45) is 5.74. The first-order chi connectivity index (χ1) is 45.3. The summed E-state index contributed by atoms with van der Waals surface area (Å²) in [6.45, 7) is 11.6. The molecular formula is C67H84N12O11P2S2. The number of aromatic nitrogens is 8. The van der Waals surface area contributed by atoms with Crippen LogP contribution in [0.2, 0.25) is 0 Å². The first-order valence-corrected chi connectivity index (χ1v) is 36.5. The highest BCUT2D eigenvalue weighted by atomic mass is 32.2. The number of ether oxygens (including phenoxy) is 4. The van der Waals surface area contributed by atoms with Crippen molar-refractivity contribution in [1.82, 2.24) is 49.2 Å². The highest BCUT2D eigenvalue weighted by molar-refractivity contribution is 8.00. The fraction of sp³-hybridized carbons (Fsp3) is 0.373. The number of aliphatic hydroxyl groups excluding tert-OH is 1. The zero-order valence-corrected chi connectivity index (χ0v) is 57.3. The van der Waals surface area contributed by atoms with Gasteiger partial charge in [-0.1, -0.05) is 161 Å². The minimum Gasteiger partial charge on any atom is -0.497 e. The smallest absolute Gasteiger partial charge is 0.295 e. The van der Waals surface area contributed by atoms with Crippen LogP contribution in [0, 0.1) is 17.8 Å². The monoisotopic (exact) mass is 1360 g/mol. The number of rotatable bonds is 38. The van der Waals surface area contributed by atoms with Gasteiger partial charge in [0.25, 0.3) is 15.0 Å². The lowest BCUT2D eigenvalue weighted by Crippen LogP contribution is -2.39. The Kier molecular flexibility index (Phi) is 27.0. The molecule has 0 saturated heterocycles. The summed E-state index contributed by atoms with van der Waals surface area (Å²) in [7, 11) is -5.12. The second-order valence-electron chi connectivity index (χ2n) is 23.3. The van der Waals surface area contributed by atoms with Gasteiger partial charge in [-0.25, -0.2) is 40.1 Å². The number of fused-ring (bicyclic) bond motifs is 2. The van der Waals surface area contributed by atoms with E-state index in [2.05, 4.69) is 83.4 Å². The van der Waals surface area contributed by atoms with E-state index in [-0.39, 0.29) is 75.4 Å². The second kappa shape index (κ2) is 35.0. The van der Waals surface area contributed by atoms with E-state index in [1.54, 1.807) is 42.7 Å². The molecule has 0 radical (unpaired) electrons. The standard InChI is InChI=1S/C44H51N6O6PS.C23H33N6O5PS/c1-33-15-17-36(18-16-33)44(35-13-9-6-10-14-35,37-19-21-38(53-4)22-20-37)55-29-43(2,3)39(51)28-58-26-25-56-57(52,49-27-34-11-7-5-8-12-34)32-54-24-23-50-31-48-40-41(45)46-30-47-42(40)50;1-23(2,14-30)19(31)13-36-11-10-34-35(32,28-12-18-6-4-3-5-7-18)17-33-9-8-29-16-27-20-21(24)25-15-26-22(20)29/h5-22,30-31H,23-29,32H2,1-4H3,(H,49,52)(H2,45,46,47);3-7,15-16,30H,8-14,17H2,1-2H3,(H,28,32)(H2,24,25,26). The number of thioether (sulfide) groups is 2. The van der Waals surface area contributed by atoms with Crippen LogP contribution in [-0.2, 0) is 73.8 Å². The number of nitrogens with two attached hydrogens (primary N) is 2. The number of anilines is 2. The van der Waals surface area contributed by atoms with Crippen LogP contribution in [0.3, 0.4) is 0 Å². The van der Waals surface area contributed by atoms with Crippen molar-refractivity contribution in [1.29, 1.82) is 0 Å². The second-order valence-corrected chi connectivity index (χ2v) is 29.8. The SMILES string of the molecule is CC(C)(CO)C(=O)CSCCOP(=O)(COCCn1cnc2c(N)ncnc21)NCc1ccccc1.COc1ccc(C(OCC(C)(C)C(=O)CSCCOP(=O)(COCCn2cnc3c(N)ncnc32)NCc2ccccc2)(c2ccccc2)c2ccc(C)cc2)cc1. The third kappa shape index (κ3) is 20.4. The zero-order valence-electron chi connectivity index (χ0n) is 53.9. The van der Waals surface area contributed by atoms with Crippen LogP contribution in [0.25, 0.3) is 22.3 Å². The summed E-state index contributed by atoms with van der Waals surface area (Å²) in [5.74, 6) is 2.76. The Morgan fingerprint density at radius 1 is 0.564 bits per heavy atom. The first-order valence-electron chi connectivity index (χ1n) is 30.5. The quantitative estimate of drug-likeness (QED) is 0.0136. The molecule has 0 aliphatic rings. The number of nitrogens with zero attached hydrogens (tertiary/aromatic N) is 8. The van der Waals surface area contributed by atoms with Crippen molar-refractivity contribution in [3.05, 3.63) is 198 Å². The lowest BCUT2D eigenvalue weighted by molar-refractivity contribution is -0.130. The van der Waals surface area contributed by atoms with Crippen LogP contribution >= 0.6 is 38.6 Å². The van der Waals surface area contributed by atoms with Gasteiger partial charge in [-0.05, 0) is 46.9 Å². The summed E-state index contributed by atoms with van der Waals surface area (Å²) >= 11 is 2.81. The topological polar surface area (TPSA) is 307 Å². The van der Waals surface area contributed by atoms with Gasteiger partial charge in [0.05, 0.1) is 70.9 Å². The molecular weight excluding hydrogens is 1270 g/mol. The van der Waals surface area contributed by atoms with E-state index in [4.69, 9.17) is 39.5 Å². The first kappa shape index (κ1) is 72.6. The van der Waals surface area contributed by atoms with E-state index in [0.29, 0.717) is 71.6 Å². The number of Topliss-reactive ketones (excluding diaryl/α,β-unsaturated/α-hetero) is 2. The lowest BCUT2D eigenvalue weighted by atomic mass is 9.79. The van der Waals surface area contributed by atoms with Gasteiger partial charge >= 0.3 is 0 Å². The van der Waals surface area contributed by atoms with Crippen molar-refractivity contribution in [2.75, 3.05) is 93.9 Å². The molecule has 27 heteroatoms.